The van der Waals surface area contributed by atoms with Crippen LogP contribution in [0.3, 0.4) is 0 Å². The summed E-state index contributed by atoms with van der Waals surface area (Å²) in [4.78, 5) is 0. The summed E-state index contributed by atoms with van der Waals surface area (Å²) in [7, 11) is 0. The van der Waals surface area contributed by atoms with E-state index >= 15 is 0 Å². The van der Waals surface area contributed by atoms with Gasteiger partial charge in [-0.1, -0.05) is 66.2 Å². The van der Waals surface area contributed by atoms with Crippen LogP contribution in [0.15, 0.2) is 72.3 Å². The number of fused-ring (bicyclic) bond motifs is 6. The van der Waals surface area contributed by atoms with Crippen molar-refractivity contribution < 1.29 is 0 Å². The van der Waals surface area contributed by atoms with Gasteiger partial charge in [0.2, 0.25) is 0 Å². The van der Waals surface area contributed by atoms with Gasteiger partial charge in [0, 0.05) is 5.41 Å². The van der Waals surface area contributed by atoms with Gasteiger partial charge < -0.3 is 0 Å². The highest BCUT2D eigenvalue weighted by molar-refractivity contribution is 5.97. The summed E-state index contributed by atoms with van der Waals surface area (Å²) in [6.07, 6.45) is 10.5. The summed E-state index contributed by atoms with van der Waals surface area (Å²) in [5.41, 5.74) is 8.21. The fourth-order valence-electron chi connectivity index (χ4n) is 6.16. The Morgan fingerprint density at radius 1 is 0.923 bits per heavy atom. The van der Waals surface area contributed by atoms with E-state index in [1.54, 1.807) is 16.7 Å². The van der Waals surface area contributed by atoms with Gasteiger partial charge >= 0.3 is 0 Å². The predicted octanol–water partition coefficient (Wildman–Crippen LogP) is 6.82. The van der Waals surface area contributed by atoms with Crippen LogP contribution >= 0.6 is 0 Å². The SMILES string of the molecule is C1=C2CC(C1)C1(CCCc3cc4cccc(-c5ccccc5)c4cc31)C2. The van der Waals surface area contributed by atoms with Gasteiger partial charge in [0.05, 0.1) is 0 Å². The van der Waals surface area contributed by atoms with E-state index in [1.807, 2.05) is 0 Å². The lowest BCUT2D eigenvalue weighted by molar-refractivity contribution is 0.270. The highest BCUT2D eigenvalue weighted by atomic mass is 14.5. The van der Waals surface area contributed by atoms with E-state index in [9.17, 15) is 0 Å². The molecule has 0 heteroatoms. The molecule has 0 aliphatic heterocycles. The van der Waals surface area contributed by atoms with E-state index in [1.165, 1.54) is 60.4 Å². The molecule has 1 saturated carbocycles. The standard InChI is InChI=1S/C26H24/c1-2-6-19(7-3-1)23-10-4-8-20-15-21-9-5-13-26(25(21)16-24(20)23)17-18-11-12-22(26)14-18/h1-4,6-8,10-11,15-16,22H,5,9,12-14,17H2. The highest BCUT2D eigenvalue weighted by Gasteiger charge is 2.49. The first kappa shape index (κ1) is 14.8. The van der Waals surface area contributed by atoms with Crippen molar-refractivity contribution in [1.29, 1.82) is 0 Å². The molecule has 0 amide bonds. The van der Waals surface area contributed by atoms with E-state index in [4.69, 9.17) is 0 Å². The molecule has 128 valence electrons. The van der Waals surface area contributed by atoms with Crippen LogP contribution in [-0.4, -0.2) is 0 Å². The number of benzene rings is 3. The molecular formula is C26H24. The molecule has 3 aromatic carbocycles. The van der Waals surface area contributed by atoms with Crippen LogP contribution in [0, 0.1) is 5.92 Å². The van der Waals surface area contributed by atoms with E-state index in [0.717, 1.165) is 5.92 Å². The molecule has 0 N–H and O–H groups in total. The second-order valence-electron chi connectivity index (χ2n) is 8.59. The summed E-state index contributed by atoms with van der Waals surface area (Å²) in [5, 5.41) is 2.85. The maximum Gasteiger partial charge on any atom is 0.00274 e. The van der Waals surface area contributed by atoms with Crippen molar-refractivity contribution >= 4 is 10.8 Å². The van der Waals surface area contributed by atoms with Crippen molar-refractivity contribution in [1.82, 2.24) is 0 Å². The van der Waals surface area contributed by atoms with E-state index < -0.39 is 0 Å². The van der Waals surface area contributed by atoms with Crippen LogP contribution in [-0.2, 0) is 11.8 Å². The molecule has 0 heterocycles. The number of aryl methyl sites for hydroxylation is 1. The Bertz CT molecular complexity index is 1040. The monoisotopic (exact) mass is 336 g/mol. The van der Waals surface area contributed by atoms with Crippen LogP contribution in [0.4, 0.5) is 0 Å². The Morgan fingerprint density at radius 3 is 2.65 bits per heavy atom. The zero-order valence-electron chi connectivity index (χ0n) is 15.2. The van der Waals surface area contributed by atoms with Gasteiger partial charge in [0.1, 0.15) is 0 Å². The Balaban J connectivity index is 1.61. The average Bonchev–Trinajstić information content (AvgIpc) is 3.29. The number of hydrogen-bond donors (Lipinski definition) is 0. The van der Waals surface area contributed by atoms with Gasteiger partial charge in [-0.05, 0) is 83.5 Å². The van der Waals surface area contributed by atoms with Crippen molar-refractivity contribution in [2.24, 2.45) is 5.92 Å². The molecule has 0 nitrogen and oxygen atoms in total. The third-order valence-electron chi connectivity index (χ3n) is 7.32. The van der Waals surface area contributed by atoms with Crippen LogP contribution in [0.1, 0.15) is 43.2 Å². The second kappa shape index (κ2) is 5.33. The third kappa shape index (κ3) is 1.96. The second-order valence-corrected chi connectivity index (χ2v) is 8.59. The summed E-state index contributed by atoms with van der Waals surface area (Å²) in [6, 6.07) is 22.8. The number of hydrogen-bond acceptors (Lipinski definition) is 0. The Labute approximate surface area is 155 Å². The quantitative estimate of drug-likeness (QED) is 0.428. The minimum atomic E-state index is 0.440. The smallest absolute Gasteiger partial charge is 0.00274 e. The number of rotatable bonds is 1. The molecule has 0 aromatic heterocycles. The number of allylic oxidation sites excluding steroid dienone is 2. The first-order valence-corrected chi connectivity index (χ1v) is 10.1. The normalized spacial score (nSPS) is 26.3. The molecule has 2 bridgehead atoms. The Kier molecular flexibility index (Phi) is 3.03. The van der Waals surface area contributed by atoms with E-state index in [-0.39, 0.29) is 0 Å². The van der Waals surface area contributed by atoms with Gasteiger partial charge in [0.25, 0.3) is 0 Å². The minimum absolute atomic E-state index is 0.440. The van der Waals surface area contributed by atoms with Gasteiger partial charge in [-0.3, -0.25) is 0 Å². The van der Waals surface area contributed by atoms with Gasteiger partial charge in [-0.25, -0.2) is 0 Å². The summed E-state index contributed by atoms with van der Waals surface area (Å²) >= 11 is 0. The first-order chi connectivity index (χ1) is 12.8. The maximum atomic E-state index is 2.59. The Morgan fingerprint density at radius 2 is 1.85 bits per heavy atom. The van der Waals surface area contributed by atoms with E-state index in [2.05, 4.69) is 66.7 Å². The lowest BCUT2D eigenvalue weighted by Crippen LogP contribution is -2.35. The zero-order chi connectivity index (χ0) is 17.1. The van der Waals surface area contributed by atoms with Crippen molar-refractivity contribution in [3.05, 3.63) is 83.4 Å². The highest BCUT2D eigenvalue weighted by Crippen LogP contribution is 2.59. The molecule has 0 saturated heterocycles. The first-order valence-electron chi connectivity index (χ1n) is 10.1. The summed E-state index contributed by atoms with van der Waals surface area (Å²) < 4.78 is 0. The lowest BCUT2D eigenvalue weighted by Gasteiger charge is -2.42. The molecule has 2 atom stereocenters. The lowest BCUT2D eigenvalue weighted by atomic mass is 9.62. The molecule has 1 spiro atoms. The minimum Gasteiger partial charge on any atom is -0.0850 e. The van der Waals surface area contributed by atoms with Crippen molar-refractivity contribution in [3.63, 3.8) is 0 Å². The molecule has 1 fully saturated rings. The molecule has 3 aliphatic carbocycles. The van der Waals surface area contributed by atoms with Crippen LogP contribution < -0.4 is 0 Å². The summed E-state index contributed by atoms with van der Waals surface area (Å²) in [5.74, 6) is 0.859. The van der Waals surface area contributed by atoms with Gasteiger partial charge in [-0.15, -0.1) is 0 Å². The van der Waals surface area contributed by atoms with Crippen LogP contribution in [0.5, 0.6) is 0 Å². The zero-order valence-corrected chi connectivity index (χ0v) is 15.2. The molecule has 3 aliphatic rings. The molecular weight excluding hydrogens is 312 g/mol. The maximum absolute atomic E-state index is 2.59. The molecule has 0 radical (unpaired) electrons. The molecule has 6 rings (SSSR count). The van der Waals surface area contributed by atoms with E-state index in [0.29, 0.717) is 5.41 Å². The van der Waals surface area contributed by atoms with Crippen molar-refractivity contribution in [2.75, 3.05) is 0 Å². The summed E-state index contributed by atoms with van der Waals surface area (Å²) in [6.45, 7) is 0. The topological polar surface area (TPSA) is 0 Å². The Hall–Kier alpha value is -2.34. The average molecular weight is 336 g/mol. The van der Waals surface area contributed by atoms with Gasteiger partial charge in [0.15, 0.2) is 0 Å². The molecule has 2 unspecified atom stereocenters. The predicted molar refractivity (Wildman–Crippen MR) is 109 cm³/mol. The molecule has 3 aromatic rings. The van der Waals surface area contributed by atoms with Crippen LogP contribution in [0.25, 0.3) is 21.9 Å². The molecule has 26 heavy (non-hydrogen) atoms. The van der Waals surface area contributed by atoms with Crippen LogP contribution in [0.2, 0.25) is 0 Å². The van der Waals surface area contributed by atoms with Crippen molar-refractivity contribution in [2.45, 2.75) is 43.9 Å². The van der Waals surface area contributed by atoms with Gasteiger partial charge in [-0.2, -0.15) is 0 Å². The third-order valence-corrected chi connectivity index (χ3v) is 7.32. The fourth-order valence-corrected chi connectivity index (χ4v) is 6.16. The fraction of sp³-hybridized carbons (Fsp3) is 0.308. The van der Waals surface area contributed by atoms with Crippen molar-refractivity contribution in [3.8, 4) is 11.1 Å². The largest absolute Gasteiger partial charge is 0.0850 e.